The Bertz CT molecular complexity index is 749. The number of methoxy groups -OCH3 is 2. The van der Waals surface area contributed by atoms with Crippen LogP contribution in [-0.4, -0.2) is 41.2 Å². The first-order valence-corrected chi connectivity index (χ1v) is 14.8. The molecule has 6 heteroatoms. The summed E-state index contributed by atoms with van der Waals surface area (Å²) < 4.78 is 23.0. The van der Waals surface area contributed by atoms with E-state index >= 15 is 0 Å². The second-order valence-electron chi connectivity index (χ2n) is 10.6. The zero-order valence-corrected chi connectivity index (χ0v) is 23.5. The fourth-order valence-corrected chi connectivity index (χ4v) is 4.95. The van der Waals surface area contributed by atoms with Crippen LogP contribution in [0.25, 0.3) is 0 Å². The lowest BCUT2D eigenvalue weighted by Crippen LogP contribution is -2.47. The fraction of sp³-hybridized carbons (Fsp3) is 0.667. The Morgan fingerprint density at radius 2 is 1.67 bits per heavy atom. The highest BCUT2D eigenvalue weighted by atomic mass is 28.4. The Balaban J connectivity index is 2.89. The minimum absolute atomic E-state index is 0.0369. The van der Waals surface area contributed by atoms with Crippen molar-refractivity contribution in [2.45, 2.75) is 85.2 Å². The van der Waals surface area contributed by atoms with Gasteiger partial charge in [-0.1, -0.05) is 58.4 Å². The number of hydrogen-bond acceptors (Lipinski definition) is 5. The molecule has 0 aliphatic heterocycles. The minimum atomic E-state index is -1.97. The number of allylic oxidation sites excluding steroid dienone is 1. The second-order valence-corrected chi connectivity index (χ2v) is 15.4. The van der Waals surface area contributed by atoms with Gasteiger partial charge in [0.15, 0.2) is 8.32 Å². The summed E-state index contributed by atoms with van der Waals surface area (Å²) in [4.78, 5) is 11.5. The molecule has 0 N–H and O–H groups in total. The third kappa shape index (κ3) is 10.0. The molecule has 33 heavy (non-hydrogen) atoms. The van der Waals surface area contributed by atoms with E-state index in [2.05, 4.69) is 60.7 Å². The summed E-state index contributed by atoms with van der Waals surface area (Å²) in [5, 5.41) is 0.123. The van der Waals surface area contributed by atoms with Crippen molar-refractivity contribution < 1.29 is 23.4 Å². The number of carbonyl (C=O) groups is 1. The second kappa shape index (κ2) is 13.3. The zero-order chi connectivity index (χ0) is 25.2. The average Bonchev–Trinajstić information content (AvgIpc) is 2.75. The molecular weight excluding hydrogens is 432 g/mol. The van der Waals surface area contributed by atoms with Crippen molar-refractivity contribution in [2.24, 2.45) is 11.8 Å². The predicted molar refractivity (Wildman–Crippen MR) is 138 cm³/mol. The SMILES string of the molecule is COC(=O)CC/C(C)=C\[C@H](C)[C@@H](O[Si](C)(C)C(C)(C)C)[C@@H](C)COCc1ccc(OC)cc1. The molecule has 0 fully saturated rings. The fourth-order valence-electron chi connectivity index (χ4n) is 3.47. The summed E-state index contributed by atoms with van der Waals surface area (Å²) >= 11 is 0. The van der Waals surface area contributed by atoms with Crippen molar-refractivity contribution in [2.75, 3.05) is 20.8 Å². The topological polar surface area (TPSA) is 54.0 Å². The van der Waals surface area contributed by atoms with Crippen molar-refractivity contribution in [3.05, 3.63) is 41.5 Å². The Labute approximate surface area is 203 Å². The zero-order valence-electron chi connectivity index (χ0n) is 22.5. The maximum atomic E-state index is 11.5. The van der Waals surface area contributed by atoms with Crippen molar-refractivity contribution in [3.8, 4) is 5.75 Å². The molecule has 0 spiro atoms. The average molecular weight is 479 g/mol. The van der Waals surface area contributed by atoms with E-state index in [0.29, 0.717) is 26.1 Å². The summed E-state index contributed by atoms with van der Waals surface area (Å²) in [5.41, 5.74) is 2.31. The molecule has 5 nitrogen and oxygen atoms in total. The molecule has 188 valence electrons. The summed E-state index contributed by atoms with van der Waals surface area (Å²) in [5.74, 6) is 1.09. The third-order valence-electron chi connectivity index (χ3n) is 6.62. The molecule has 1 aromatic rings. The van der Waals surface area contributed by atoms with Gasteiger partial charge in [-0.3, -0.25) is 4.79 Å². The molecule has 0 unspecified atom stereocenters. The molecule has 1 rings (SSSR count). The number of carbonyl (C=O) groups excluding carboxylic acids is 1. The Morgan fingerprint density at radius 1 is 1.06 bits per heavy atom. The van der Waals surface area contributed by atoms with Crippen LogP contribution in [0.1, 0.15) is 59.9 Å². The molecule has 0 saturated carbocycles. The number of ether oxygens (including phenoxy) is 3. The smallest absolute Gasteiger partial charge is 0.305 e. The molecule has 0 saturated heterocycles. The third-order valence-corrected chi connectivity index (χ3v) is 11.1. The molecule has 0 radical (unpaired) electrons. The van der Waals surface area contributed by atoms with Gasteiger partial charge in [0, 0.05) is 12.3 Å². The highest BCUT2D eigenvalue weighted by Crippen LogP contribution is 2.39. The molecule has 0 amide bonds. The highest BCUT2D eigenvalue weighted by molar-refractivity contribution is 6.74. The Hall–Kier alpha value is -1.63. The monoisotopic (exact) mass is 478 g/mol. The lowest BCUT2D eigenvalue weighted by Gasteiger charge is -2.42. The van der Waals surface area contributed by atoms with Crippen molar-refractivity contribution in [1.82, 2.24) is 0 Å². The van der Waals surface area contributed by atoms with Crippen molar-refractivity contribution in [1.29, 1.82) is 0 Å². The molecule has 0 aromatic heterocycles. The van der Waals surface area contributed by atoms with Crippen LogP contribution in [0.5, 0.6) is 5.75 Å². The molecule has 1 aromatic carbocycles. The number of rotatable bonds is 13. The lowest BCUT2D eigenvalue weighted by molar-refractivity contribution is -0.140. The normalized spacial score (nSPS) is 15.6. The van der Waals surface area contributed by atoms with Gasteiger partial charge in [0.05, 0.1) is 33.5 Å². The van der Waals surface area contributed by atoms with Gasteiger partial charge in [-0.25, -0.2) is 0 Å². The van der Waals surface area contributed by atoms with Gasteiger partial charge in [-0.15, -0.1) is 0 Å². The van der Waals surface area contributed by atoms with Crippen LogP contribution in [-0.2, 0) is 25.3 Å². The minimum Gasteiger partial charge on any atom is -0.497 e. The van der Waals surface area contributed by atoms with Crippen LogP contribution < -0.4 is 4.74 Å². The molecule has 0 bridgehead atoms. The van der Waals surface area contributed by atoms with Gasteiger partial charge < -0.3 is 18.6 Å². The first kappa shape index (κ1) is 29.4. The Kier molecular flexibility index (Phi) is 11.9. The van der Waals surface area contributed by atoms with E-state index in [1.54, 1.807) is 7.11 Å². The molecule has 0 aliphatic rings. The van der Waals surface area contributed by atoms with Crippen LogP contribution in [0.2, 0.25) is 18.1 Å². The standard InChI is InChI=1S/C27H46O5Si/c1-20(11-16-25(28)30-8)17-21(2)26(32-33(9,10)27(4,5)6)22(3)18-31-19-23-12-14-24(29-7)15-13-23/h12-15,17,21-22,26H,11,16,18-19H2,1-10H3/b20-17-/t21-,22-,26+/m0/s1. The Morgan fingerprint density at radius 3 is 2.18 bits per heavy atom. The summed E-state index contributed by atoms with van der Waals surface area (Å²) in [6.07, 6.45) is 3.39. The number of esters is 1. The van der Waals surface area contributed by atoms with Gasteiger partial charge in [-0.05, 0) is 55.1 Å². The van der Waals surface area contributed by atoms with E-state index in [1.165, 1.54) is 12.7 Å². The van der Waals surface area contributed by atoms with E-state index < -0.39 is 8.32 Å². The van der Waals surface area contributed by atoms with Gasteiger partial charge in [0.2, 0.25) is 0 Å². The number of benzene rings is 1. The van der Waals surface area contributed by atoms with Crippen LogP contribution in [0, 0.1) is 11.8 Å². The summed E-state index contributed by atoms with van der Waals surface area (Å²) in [7, 11) is 1.13. The maximum Gasteiger partial charge on any atom is 0.305 e. The summed E-state index contributed by atoms with van der Waals surface area (Å²) in [6.45, 7) is 19.1. The van der Waals surface area contributed by atoms with Gasteiger partial charge >= 0.3 is 5.97 Å². The van der Waals surface area contributed by atoms with Crippen LogP contribution in [0.3, 0.4) is 0 Å². The van der Waals surface area contributed by atoms with Crippen molar-refractivity contribution >= 4 is 14.3 Å². The predicted octanol–water partition coefficient (Wildman–Crippen LogP) is 6.77. The molecule has 3 atom stereocenters. The van der Waals surface area contributed by atoms with E-state index in [9.17, 15) is 4.79 Å². The largest absolute Gasteiger partial charge is 0.497 e. The molecular formula is C27H46O5Si. The van der Waals surface area contributed by atoms with E-state index in [-0.39, 0.29) is 28.9 Å². The van der Waals surface area contributed by atoms with Crippen LogP contribution >= 0.6 is 0 Å². The van der Waals surface area contributed by atoms with Crippen LogP contribution in [0.4, 0.5) is 0 Å². The lowest BCUT2D eigenvalue weighted by atomic mass is 9.91. The van der Waals surface area contributed by atoms with Crippen molar-refractivity contribution in [3.63, 3.8) is 0 Å². The molecule has 0 aliphatic carbocycles. The van der Waals surface area contributed by atoms with Crippen LogP contribution in [0.15, 0.2) is 35.9 Å². The molecule has 0 heterocycles. The van der Waals surface area contributed by atoms with E-state index in [0.717, 1.165) is 11.3 Å². The van der Waals surface area contributed by atoms with Gasteiger partial charge in [-0.2, -0.15) is 0 Å². The highest BCUT2D eigenvalue weighted by Gasteiger charge is 2.41. The summed E-state index contributed by atoms with van der Waals surface area (Å²) in [6, 6.07) is 7.97. The van der Waals surface area contributed by atoms with Gasteiger partial charge in [0.1, 0.15) is 5.75 Å². The first-order valence-electron chi connectivity index (χ1n) is 11.9. The van der Waals surface area contributed by atoms with Gasteiger partial charge in [0.25, 0.3) is 0 Å². The maximum absolute atomic E-state index is 11.5. The first-order chi connectivity index (χ1) is 15.3. The number of hydrogen-bond donors (Lipinski definition) is 0. The van der Waals surface area contributed by atoms with E-state index in [4.69, 9.17) is 18.6 Å². The quantitative estimate of drug-likeness (QED) is 0.178. The van der Waals surface area contributed by atoms with E-state index in [1.807, 2.05) is 24.3 Å².